The van der Waals surface area contributed by atoms with Gasteiger partial charge in [0.25, 0.3) is 0 Å². The highest BCUT2D eigenvalue weighted by Gasteiger charge is 2.49. The molecule has 0 heterocycles. The maximum atomic E-state index is 5.63. The normalized spacial score (nSPS) is 34.7. The van der Waals surface area contributed by atoms with Crippen LogP contribution in [0.1, 0.15) is 52.9 Å². The average molecular weight is 253 g/mol. The van der Waals surface area contributed by atoms with Gasteiger partial charge in [-0.3, -0.25) is 0 Å². The van der Waals surface area contributed by atoms with E-state index in [0.29, 0.717) is 5.41 Å². The second-order valence-electron chi connectivity index (χ2n) is 6.91. The minimum Gasteiger partial charge on any atom is -0.382 e. The molecule has 0 radical (unpaired) electrons. The van der Waals surface area contributed by atoms with Crippen LogP contribution in [0.5, 0.6) is 0 Å². The Morgan fingerprint density at radius 2 is 2.17 bits per heavy atom. The first-order chi connectivity index (χ1) is 8.66. The van der Waals surface area contributed by atoms with Crippen LogP contribution in [0.4, 0.5) is 0 Å². The first kappa shape index (κ1) is 14.3. The lowest BCUT2D eigenvalue weighted by molar-refractivity contribution is 0.0679. The zero-order valence-corrected chi connectivity index (χ0v) is 12.5. The van der Waals surface area contributed by atoms with E-state index in [-0.39, 0.29) is 0 Å². The molecule has 2 nitrogen and oxygen atoms in total. The molecule has 3 unspecified atom stereocenters. The second-order valence-corrected chi connectivity index (χ2v) is 6.91. The van der Waals surface area contributed by atoms with Crippen molar-refractivity contribution in [3.63, 3.8) is 0 Å². The Bertz CT molecular complexity index is 253. The van der Waals surface area contributed by atoms with E-state index in [0.717, 1.165) is 37.5 Å². The van der Waals surface area contributed by atoms with Crippen LogP contribution in [0.15, 0.2) is 0 Å². The fourth-order valence-electron chi connectivity index (χ4n) is 4.20. The molecule has 0 aliphatic heterocycles. The second kappa shape index (κ2) is 6.38. The van der Waals surface area contributed by atoms with Crippen LogP contribution in [-0.2, 0) is 4.74 Å². The summed E-state index contributed by atoms with van der Waals surface area (Å²) in [6, 6.07) is 0. The van der Waals surface area contributed by atoms with Gasteiger partial charge in [0.1, 0.15) is 0 Å². The molecule has 0 amide bonds. The maximum absolute atomic E-state index is 5.63. The van der Waals surface area contributed by atoms with Crippen molar-refractivity contribution in [1.29, 1.82) is 0 Å². The minimum atomic E-state index is 0.562. The van der Waals surface area contributed by atoms with E-state index in [2.05, 4.69) is 26.1 Å². The molecular formula is C16H31NO. The predicted molar refractivity (Wildman–Crippen MR) is 76.7 cm³/mol. The van der Waals surface area contributed by atoms with Crippen molar-refractivity contribution in [2.75, 3.05) is 26.3 Å². The van der Waals surface area contributed by atoms with E-state index < -0.39 is 0 Å². The van der Waals surface area contributed by atoms with Crippen molar-refractivity contribution < 1.29 is 4.74 Å². The largest absolute Gasteiger partial charge is 0.382 e. The number of rotatable bonds is 8. The Labute approximate surface area is 113 Å². The standard InChI is InChI=1S/C16H31NO/c1-4-18-8-7-16(12-17-11-13(2)3)10-14-5-6-15(16)9-14/h13-15,17H,4-12H2,1-3H3. The lowest BCUT2D eigenvalue weighted by Crippen LogP contribution is -2.40. The van der Waals surface area contributed by atoms with E-state index >= 15 is 0 Å². The number of hydrogen-bond donors (Lipinski definition) is 1. The lowest BCUT2D eigenvalue weighted by atomic mass is 9.71. The minimum absolute atomic E-state index is 0.562. The van der Waals surface area contributed by atoms with Crippen LogP contribution in [0.3, 0.4) is 0 Å². The first-order valence-electron chi connectivity index (χ1n) is 7.95. The topological polar surface area (TPSA) is 21.3 Å². The summed E-state index contributed by atoms with van der Waals surface area (Å²) < 4.78 is 5.63. The van der Waals surface area contributed by atoms with E-state index in [1.807, 2.05) is 0 Å². The molecule has 2 saturated carbocycles. The van der Waals surface area contributed by atoms with Crippen molar-refractivity contribution in [2.24, 2.45) is 23.2 Å². The van der Waals surface area contributed by atoms with Crippen LogP contribution < -0.4 is 5.32 Å². The van der Waals surface area contributed by atoms with Crippen molar-refractivity contribution in [1.82, 2.24) is 5.32 Å². The molecule has 2 bridgehead atoms. The highest BCUT2D eigenvalue weighted by molar-refractivity contribution is 5.01. The van der Waals surface area contributed by atoms with Gasteiger partial charge in [-0.05, 0) is 62.3 Å². The molecule has 2 aliphatic carbocycles. The Balaban J connectivity index is 1.86. The lowest BCUT2D eigenvalue weighted by Gasteiger charge is -2.38. The fraction of sp³-hybridized carbons (Fsp3) is 1.00. The van der Waals surface area contributed by atoms with Gasteiger partial charge in [0.05, 0.1) is 0 Å². The Hall–Kier alpha value is -0.0800. The van der Waals surface area contributed by atoms with Gasteiger partial charge in [-0.2, -0.15) is 0 Å². The summed E-state index contributed by atoms with van der Waals surface area (Å²) >= 11 is 0. The highest BCUT2D eigenvalue weighted by Crippen LogP contribution is 2.57. The van der Waals surface area contributed by atoms with Crippen molar-refractivity contribution >= 4 is 0 Å². The molecule has 2 heteroatoms. The smallest absolute Gasteiger partial charge is 0.0471 e. The summed E-state index contributed by atoms with van der Waals surface area (Å²) in [4.78, 5) is 0. The predicted octanol–water partition coefficient (Wildman–Crippen LogP) is 3.47. The molecule has 18 heavy (non-hydrogen) atoms. The molecule has 0 saturated heterocycles. The molecule has 106 valence electrons. The highest BCUT2D eigenvalue weighted by atomic mass is 16.5. The third-order valence-electron chi connectivity index (χ3n) is 5.08. The van der Waals surface area contributed by atoms with Gasteiger partial charge in [-0.1, -0.05) is 20.3 Å². The zero-order valence-electron chi connectivity index (χ0n) is 12.5. The summed E-state index contributed by atoms with van der Waals surface area (Å²) in [5, 5.41) is 3.72. The molecule has 2 rings (SSSR count). The molecule has 2 fully saturated rings. The van der Waals surface area contributed by atoms with Crippen molar-refractivity contribution in [3.8, 4) is 0 Å². The third-order valence-corrected chi connectivity index (χ3v) is 5.08. The van der Waals surface area contributed by atoms with E-state index in [1.54, 1.807) is 0 Å². The summed E-state index contributed by atoms with van der Waals surface area (Å²) in [5.41, 5.74) is 0.562. The number of nitrogens with one attached hydrogen (secondary N) is 1. The summed E-state index contributed by atoms with van der Waals surface area (Å²) in [5.74, 6) is 2.76. The molecule has 0 spiro atoms. The van der Waals surface area contributed by atoms with Crippen LogP contribution in [0, 0.1) is 23.2 Å². The Kier molecular flexibility index (Phi) is 5.08. The van der Waals surface area contributed by atoms with Gasteiger partial charge < -0.3 is 10.1 Å². The quantitative estimate of drug-likeness (QED) is 0.669. The van der Waals surface area contributed by atoms with Crippen molar-refractivity contribution in [2.45, 2.75) is 52.9 Å². The van der Waals surface area contributed by atoms with E-state index in [9.17, 15) is 0 Å². The summed E-state index contributed by atoms with van der Waals surface area (Å²) in [7, 11) is 0. The van der Waals surface area contributed by atoms with Crippen LogP contribution in [0.25, 0.3) is 0 Å². The van der Waals surface area contributed by atoms with Crippen LogP contribution in [0.2, 0.25) is 0 Å². The Morgan fingerprint density at radius 3 is 2.72 bits per heavy atom. The molecule has 0 aromatic heterocycles. The molecule has 3 atom stereocenters. The number of fused-ring (bicyclic) bond motifs is 2. The van der Waals surface area contributed by atoms with Crippen LogP contribution in [-0.4, -0.2) is 26.3 Å². The molecular weight excluding hydrogens is 222 g/mol. The van der Waals surface area contributed by atoms with Crippen molar-refractivity contribution in [3.05, 3.63) is 0 Å². The van der Waals surface area contributed by atoms with Gasteiger partial charge >= 0.3 is 0 Å². The Morgan fingerprint density at radius 1 is 1.33 bits per heavy atom. The van der Waals surface area contributed by atoms with Gasteiger partial charge in [0.2, 0.25) is 0 Å². The van der Waals surface area contributed by atoms with Gasteiger partial charge in [-0.15, -0.1) is 0 Å². The maximum Gasteiger partial charge on any atom is 0.0471 e. The van der Waals surface area contributed by atoms with E-state index in [1.165, 1.54) is 38.6 Å². The monoisotopic (exact) mass is 253 g/mol. The van der Waals surface area contributed by atoms with Gasteiger partial charge in [0, 0.05) is 19.8 Å². The first-order valence-corrected chi connectivity index (χ1v) is 7.95. The third kappa shape index (κ3) is 3.27. The number of ether oxygens (including phenoxy) is 1. The molecule has 0 aromatic rings. The van der Waals surface area contributed by atoms with E-state index in [4.69, 9.17) is 4.74 Å². The van der Waals surface area contributed by atoms with Gasteiger partial charge in [0.15, 0.2) is 0 Å². The average Bonchev–Trinajstić information content (AvgIpc) is 2.89. The van der Waals surface area contributed by atoms with Gasteiger partial charge in [-0.25, -0.2) is 0 Å². The fourth-order valence-corrected chi connectivity index (χ4v) is 4.20. The molecule has 1 N–H and O–H groups in total. The summed E-state index contributed by atoms with van der Waals surface area (Å²) in [6.07, 6.45) is 7.18. The molecule has 2 aliphatic rings. The summed E-state index contributed by atoms with van der Waals surface area (Å²) in [6.45, 7) is 10.9. The zero-order chi connectivity index (χ0) is 13.0. The van der Waals surface area contributed by atoms with Crippen LogP contribution >= 0.6 is 0 Å². The molecule has 0 aromatic carbocycles. The number of hydrogen-bond acceptors (Lipinski definition) is 2. The SMILES string of the molecule is CCOCCC1(CNCC(C)C)CC2CCC1C2.